The molecule has 100 valence electrons. The number of benzene rings is 1. The van der Waals surface area contributed by atoms with Gasteiger partial charge in [0.15, 0.2) is 0 Å². The third-order valence-electron chi connectivity index (χ3n) is 3.91. The van der Waals surface area contributed by atoms with Crippen LogP contribution >= 0.6 is 0 Å². The summed E-state index contributed by atoms with van der Waals surface area (Å²) in [5.41, 5.74) is 7.12. The number of hydrogen-bond acceptors (Lipinski definition) is 3. The molecule has 0 saturated carbocycles. The van der Waals surface area contributed by atoms with Crippen LogP contribution in [0.2, 0.25) is 0 Å². The summed E-state index contributed by atoms with van der Waals surface area (Å²) < 4.78 is 0. The number of rotatable bonds is 5. The van der Waals surface area contributed by atoms with Crippen molar-refractivity contribution in [1.82, 2.24) is 4.90 Å². The van der Waals surface area contributed by atoms with Crippen LogP contribution in [0.25, 0.3) is 0 Å². The molecule has 2 atom stereocenters. The first kappa shape index (κ1) is 13.5. The topological polar surface area (TPSA) is 49.5 Å². The third-order valence-corrected chi connectivity index (χ3v) is 3.91. The lowest BCUT2D eigenvalue weighted by atomic mass is 9.90. The predicted octanol–water partition coefficient (Wildman–Crippen LogP) is 1.78. The van der Waals surface area contributed by atoms with Crippen molar-refractivity contribution in [1.29, 1.82) is 0 Å². The fourth-order valence-corrected chi connectivity index (χ4v) is 2.93. The van der Waals surface area contributed by atoms with Gasteiger partial charge in [0.1, 0.15) is 0 Å². The van der Waals surface area contributed by atoms with Gasteiger partial charge in [-0.3, -0.25) is 4.90 Å². The van der Waals surface area contributed by atoms with E-state index in [1.807, 2.05) is 6.07 Å². The number of piperidine rings is 1. The minimum atomic E-state index is 0.130. The van der Waals surface area contributed by atoms with Crippen LogP contribution in [0.1, 0.15) is 30.9 Å². The normalized spacial score (nSPS) is 20.6. The molecular weight excluding hydrogens is 224 g/mol. The molecule has 1 fully saturated rings. The average molecular weight is 248 g/mol. The summed E-state index contributed by atoms with van der Waals surface area (Å²) in [6, 6.07) is 10.7. The number of aliphatic hydroxyl groups is 1. The molecule has 1 aromatic rings. The largest absolute Gasteiger partial charge is 0.396 e. The first-order valence-corrected chi connectivity index (χ1v) is 6.96. The molecule has 1 saturated heterocycles. The quantitative estimate of drug-likeness (QED) is 0.835. The number of likely N-dealkylation sites (tertiary alicyclic amines) is 1. The Morgan fingerprint density at radius 1 is 1.11 bits per heavy atom. The van der Waals surface area contributed by atoms with Crippen LogP contribution in [0.4, 0.5) is 0 Å². The van der Waals surface area contributed by atoms with Gasteiger partial charge in [-0.2, -0.15) is 0 Å². The molecular formula is C15H24N2O. The maximum atomic E-state index is 9.58. The second-order valence-electron chi connectivity index (χ2n) is 5.13. The molecule has 1 aliphatic rings. The van der Waals surface area contributed by atoms with Gasteiger partial charge >= 0.3 is 0 Å². The Labute approximate surface area is 110 Å². The SMILES string of the molecule is NC[C@H](CO)[C@H](c1ccccc1)N1CCCCC1. The van der Waals surface area contributed by atoms with Crippen LogP contribution in [0.5, 0.6) is 0 Å². The summed E-state index contributed by atoms with van der Waals surface area (Å²) in [6.07, 6.45) is 3.84. The first-order valence-electron chi connectivity index (χ1n) is 6.96. The summed E-state index contributed by atoms with van der Waals surface area (Å²) >= 11 is 0. The lowest BCUT2D eigenvalue weighted by molar-refractivity contribution is 0.0841. The molecule has 2 rings (SSSR count). The highest BCUT2D eigenvalue weighted by Crippen LogP contribution is 2.30. The van der Waals surface area contributed by atoms with Crippen molar-refractivity contribution in [2.45, 2.75) is 25.3 Å². The predicted molar refractivity (Wildman–Crippen MR) is 74.2 cm³/mol. The second-order valence-corrected chi connectivity index (χ2v) is 5.13. The molecule has 3 nitrogen and oxygen atoms in total. The minimum absolute atomic E-state index is 0.130. The molecule has 18 heavy (non-hydrogen) atoms. The summed E-state index contributed by atoms with van der Waals surface area (Å²) in [5, 5.41) is 9.58. The van der Waals surface area contributed by atoms with E-state index in [9.17, 15) is 5.11 Å². The van der Waals surface area contributed by atoms with Crippen LogP contribution in [0, 0.1) is 5.92 Å². The lowest BCUT2D eigenvalue weighted by Crippen LogP contribution is -2.41. The van der Waals surface area contributed by atoms with Crippen LogP contribution in [0.3, 0.4) is 0 Å². The van der Waals surface area contributed by atoms with E-state index in [-0.39, 0.29) is 18.6 Å². The molecule has 0 radical (unpaired) electrons. The van der Waals surface area contributed by atoms with Crippen LogP contribution in [0.15, 0.2) is 30.3 Å². The zero-order chi connectivity index (χ0) is 12.8. The van der Waals surface area contributed by atoms with Gasteiger partial charge in [-0.05, 0) is 38.0 Å². The highest BCUT2D eigenvalue weighted by atomic mass is 16.3. The van der Waals surface area contributed by atoms with Gasteiger partial charge in [0.2, 0.25) is 0 Å². The summed E-state index contributed by atoms with van der Waals surface area (Å²) in [4.78, 5) is 2.49. The monoisotopic (exact) mass is 248 g/mol. The van der Waals surface area contributed by atoms with Gasteiger partial charge in [-0.15, -0.1) is 0 Å². The Kier molecular flexibility index (Phi) is 5.17. The molecule has 0 spiro atoms. The average Bonchev–Trinajstić information content (AvgIpc) is 2.46. The maximum absolute atomic E-state index is 9.58. The summed E-state index contributed by atoms with van der Waals surface area (Å²) in [5.74, 6) is 0.130. The fourth-order valence-electron chi connectivity index (χ4n) is 2.93. The molecule has 1 aliphatic heterocycles. The van der Waals surface area contributed by atoms with E-state index in [2.05, 4.69) is 29.2 Å². The molecule has 0 amide bonds. The molecule has 0 aliphatic carbocycles. The first-order chi connectivity index (χ1) is 8.86. The van der Waals surface area contributed by atoms with Crippen LogP contribution < -0.4 is 5.73 Å². The van der Waals surface area contributed by atoms with Crippen molar-refractivity contribution in [3.8, 4) is 0 Å². The Morgan fingerprint density at radius 2 is 1.78 bits per heavy atom. The smallest absolute Gasteiger partial charge is 0.0489 e. The van der Waals surface area contributed by atoms with E-state index in [0.29, 0.717) is 6.54 Å². The van der Waals surface area contributed by atoms with Gasteiger partial charge < -0.3 is 10.8 Å². The molecule has 1 heterocycles. The second kappa shape index (κ2) is 6.88. The van der Waals surface area contributed by atoms with Crippen molar-refractivity contribution < 1.29 is 5.11 Å². The van der Waals surface area contributed by atoms with E-state index in [1.165, 1.54) is 24.8 Å². The number of nitrogens with zero attached hydrogens (tertiary/aromatic N) is 1. The standard InChI is InChI=1S/C15H24N2O/c16-11-14(12-18)15(13-7-3-1-4-8-13)17-9-5-2-6-10-17/h1,3-4,7-8,14-15,18H,2,5-6,9-12,16H2/t14-,15+/m1/s1. The van der Waals surface area contributed by atoms with Crippen LogP contribution in [-0.4, -0.2) is 36.2 Å². The minimum Gasteiger partial charge on any atom is -0.396 e. The van der Waals surface area contributed by atoms with Gasteiger partial charge in [0, 0.05) is 18.6 Å². The maximum Gasteiger partial charge on any atom is 0.0489 e. The van der Waals surface area contributed by atoms with Gasteiger partial charge in [0.05, 0.1) is 0 Å². The van der Waals surface area contributed by atoms with Gasteiger partial charge in [-0.25, -0.2) is 0 Å². The van der Waals surface area contributed by atoms with E-state index in [4.69, 9.17) is 5.73 Å². The molecule has 1 aromatic carbocycles. The van der Waals surface area contributed by atoms with E-state index >= 15 is 0 Å². The zero-order valence-electron chi connectivity index (χ0n) is 11.0. The number of aliphatic hydroxyl groups excluding tert-OH is 1. The summed E-state index contributed by atoms with van der Waals surface area (Å²) in [6.45, 7) is 2.94. The van der Waals surface area contributed by atoms with E-state index < -0.39 is 0 Å². The Bertz CT molecular complexity index is 332. The van der Waals surface area contributed by atoms with Crippen molar-refractivity contribution in [3.63, 3.8) is 0 Å². The van der Waals surface area contributed by atoms with Crippen molar-refractivity contribution in [2.24, 2.45) is 11.7 Å². The van der Waals surface area contributed by atoms with Crippen molar-refractivity contribution in [3.05, 3.63) is 35.9 Å². The Balaban J connectivity index is 2.21. The molecule has 3 heteroatoms. The highest BCUT2D eigenvalue weighted by Gasteiger charge is 2.28. The zero-order valence-corrected chi connectivity index (χ0v) is 11.0. The Morgan fingerprint density at radius 3 is 2.33 bits per heavy atom. The van der Waals surface area contributed by atoms with Gasteiger partial charge in [-0.1, -0.05) is 36.8 Å². The molecule has 0 bridgehead atoms. The fraction of sp³-hybridized carbons (Fsp3) is 0.600. The summed E-state index contributed by atoms with van der Waals surface area (Å²) in [7, 11) is 0. The molecule has 3 N–H and O–H groups in total. The molecule has 0 unspecified atom stereocenters. The lowest BCUT2D eigenvalue weighted by Gasteiger charge is -2.38. The van der Waals surface area contributed by atoms with Crippen molar-refractivity contribution >= 4 is 0 Å². The molecule has 0 aromatic heterocycles. The van der Waals surface area contributed by atoms with Crippen LogP contribution in [-0.2, 0) is 0 Å². The number of hydrogen-bond donors (Lipinski definition) is 2. The Hall–Kier alpha value is -0.900. The van der Waals surface area contributed by atoms with Gasteiger partial charge in [0.25, 0.3) is 0 Å². The highest BCUT2D eigenvalue weighted by molar-refractivity contribution is 5.20. The van der Waals surface area contributed by atoms with Crippen molar-refractivity contribution in [2.75, 3.05) is 26.2 Å². The third kappa shape index (κ3) is 3.10. The van der Waals surface area contributed by atoms with E-state index in [1.54, 1.807) is 0 Å². The van der Waals surface area contributed by atoms with E-state index in [0.717, 1.165) is 13.1 Å². The number of nitrogens with two attached hydrogens (primary N) is 1.